The van der Waals surface area contributed by atoms with Crippen LogP contribution >= 0.6 is 0 Å². The maximum atomic E-state index is 13.1. The molecule has 0 atom stereocenters. The number of methoxy groups -OCH3 is 1. The number of amides is 2. The summed E-state index contributed by atoms with van der Waals surface area (Å²) in [7, 11) is 1.43. The van der Waals surface area contributed by atoms with E-state index in [1.54, 1.807) is 18.2 Å². The van der Waals surface area contributed by atoms with Gasteiger partial charge in [-0.3, -0.25) is 9.59 Å². The molecule has 0 saturated heterocycles. The average Bonchev–Trinajstić information content (AvgIpc) is 3.12. The number of anilines is 2. The molecule has 0 spiro atoms. The molecule has 2 amide bonds. The summed E-state index contributed by atoms with van der Waals surface area (Å²) in [5.41, 5.74) is 3.93. The number of carbonyl (C=O) groups is 2. The van der Waals surface area contributed by atoms with Gasteiger partial charge in [-0.15, -0.1) is 0 Å². The Labute approximate surface area is 184 Å². The van der Waals surface area contributed by atoms with Crippen molar-refractivity contribution in [2.75, 3.05) is 17.7 Å². The second-order valence-corrected chi connectivity index (χ2v) is 7.47. The standard InChI is InChI=1S/C25H21FN2O4/c1-14-10-15(2)12-16(11-14)24(29)28-19-8-9-21-20(13-19)22(31-3)23(32-21)25(30)27-18-6-4-17(26)5-7-18/h4-13H,1-3H3,(H,27,30)(H,28,29). The minimum absolute atomic E-state index is 0.0235. The second-order valence-electron chi connectivity index (χ2n) is 7.47. The molecule has 0 aliphatic carbocycles. The normalized spacial score (nSPS) is 10.8. The van der Waals surface area contributed by atoms with Crippen molar-refractivity contribution in [3.05, 3.63) is 88.9 Å². The Bertz CT molecular complexity index is 1310. The van der Waals surface area contributed by atoms with Crippen LogP contribution in [0, 0.1) is 19.7 Å². The summed E-state index contributed by atoms with van der Waals surface area (Å²) in [6.45, 7) is 3.87. The first-order chi connectivity index (χ1) is 15.3. The van der Waals surface area contributed by atoms with Gasteiger partial charge < -0.3 is 19.8 Å². The fraction of sp³-hybridized carbons (Fsp3) is 0.120. The molecule has 1 aromatic heterocycles. The summed E-state index contributed by atoms with van der Waals surface area (Å²) < 4.78 is 24.2. The van der Waals surface area contributed by atoms with Gasteiger partial charge in [-0.1, -0.05) is 17.2 Å². The van der Waals surface area contributed by atoms with Gasteiger partial charge in [0.2, 0.25) is 5.76 Å². The molecular weight excluding hydrogens is 411 g/mol. The lowest BCUT2D eigenvalue weighted by Crippen LogP contribution is -2.12. The maximum Gasteiger partial charge on any atom is 0.295 e. The lowest BCUT2D eigenvalue weighted by atomic mass is 10.1. The Hall–Kier alpha value is -4.13. The highest BCUT2D eigenvalue weighted by molar-refractivity contribution is 6.09. The van der Waals surface area contributed by atoms with Crippen LogP contribution in [0.1, 0.15) is 32.0 Å². The summed E-state index contributed by atoms with van der Waals surface area (Å²) >= 11 is 0. The van der Waals surface area contributed by atoms with Crippen LogP contribution in [0.25, 0.3) is 11.0 Å². The Morgan fingerprint density at radius 2 is 1.47 bits per heavy atom. The quantitative estimate of drug-likeness (QED) is 0.424. The predicted molar refractivity (Wildman–Crippen MR) is 121 cm³/mol. The largest absolute Gasteiger partial charge is 0.492 e. The van der Waals surface area contributed by atoms with E-state index in [0.717, 1.165) is 11.1 Å². The Morgan fingerprint density at radius 3 is 2.12 bits per heavy atom. The van der Waals surface area contributed by atoms with E-state index in [-0.39, 0.29) is 17.4 Å². The summed E-state index contributed by atoms with van der Waals surface area (Å²) in [6.07, 6.45) is 0. The van der Waals surface area contributed by atoms with Gasteiger partial charge in [0.25, 0.3) is 11.8 Å². The fourth-order valence-corrected chi connectivity index (χ4v) is 3.54. The molecular formula is C25H21FN2O4. The fourth-order valence-electron chi connectivity index (χ4n) is 3.54. The third-order valence-corrected chi connectivity index (χ3v) is 4.90. The zero-order valence-corrected chi connectivity index (χ0v) is 17.8. The SMILES string of the molecule is COc1c(C(=O)Nc2ccc(F)cc2)oc2ccc(NC(=O)c3cc(C)cc(C)c3)cc12. The number of carbonyl (C=O) groups excluding carboxylic acids is 2. The summed E-state index contributed by atoms with van der Waals surface area (Å²) in [5.74, 6) is -0.968. The molecule has 0 aliphatic heterocycles. The van der Waals surface area contributed by atoms with Gasteiger partial charge in [-0.05, 0) is 68.4 Å². The van der Waals surface area contributed by atoms with Crippen LogP contribution in [-0.2, 0) is 0 Å². The van der Waals surface area contributed by atoms with Crippen molar-refractivity contribution in [3.8, 4) is 5.75 Å². The van der Waals surface area contributed by atoms with Gasteiger partial charge in [-0.2, -0.15) is 0 Å². The van der Waals surface area contributed by atoms with Gasteiger partial charge in [0.15, 0.2) is 5.75 Å². The van der Waals surface area contributed by atoms with Crippen molar-refractivity contribution in [3.63, 3.8) is 0 Å². The first-order valence-corrected chi connectivity index (χ1v) is 9.91. The molecule has 7 heteroatoms. The molecule has 162 valence electrons. The van der Waals surface area contributed by atoms with Crippen molar-refractivity contribution in [1.29, 1.82) is 0 Å². The smallest absolute Gasteiger partial charge is 0.295 e. The molecule has 0 unspecified atom stereocenters. The Kier molecular flexibility index (Phi) is 5.64. The van der Waals surface area contributed by atoms with Crippen molar-refractivity contribution < 1.29 is 23.1 Å². The molecule has 3 aromatic carbocycles. The van der Waals surface area contributed by atoms with E-state index in [1.165, 1.54) is 31.4 Å². The highest BCUT2D eigenvalue weighted by Crippen LogP contribution is 2.35. The van der Waals surface area contributed by atoms with Crippen molar-refractivity contribution in [2.24, 2.45) is 0 Å². The van der Waals surface area contributed by atoms with E-state index < -0.39 is 11.7 Å². The van der Waals surface area contributed by atoms with Crippen LogP contribution in [0.3, 0.4) is 0 Å². The van der Waals surface area contributed by atoms with Gasteiger partial charge >= 0.3 is 0 Å². The van der Waals surface area contributed by atoms with Crippen molar-refractivity contribution in [2.45, 2.75) is 13.8 Å². The Balaban J connectivity index is 1.61. The second kappa shape index (κ2) is 8.55. The van der Waals surface area contributed by atoms with Gasteiger partial charge in [0, 0.05) is 16.9 Å². The zero-order valence-electron chi connectivity index (χ0n) is 17.8. The van der Waals surface area contributed by atoms with E-state index in [0.29, 0.717) is 27.9 Å². The van der Waals surface area contributed by atoms with Gasteiger partial charge in [0.1, 0.15) is 11.4 Å². The summed E-state index contributed by atoms with van der Waals surface area (Å²) in [6, 6.07) is 16.1. The number of hydrogen-bond donors (Lipinski definition) is 2. The molecule has 0 radical (unpaired) electrons. The van der Waals surface area contributed by atoms with E-state index >= 15 is 0 Å². The molecule has 4 rings (SSSR count). The zero-order chi connectivity index (χ0) is 22.8. The lowest BCUT2D eigenvalue weighted by Gasteiger charge is -2.07. The molecule has 6 nitrogen and oxygen atoms in total. The molecule has 0 bridgehead atoms. The summed E-state index contributed by atoms with van der Waals surface area (Å²) in [5, 5.41) is 6.06. The van der Waals surface area contributed by atoms with Crippen LogP contribution in [0.15, 0.2) is 65.1 Å². The van der Waals surface area contributed by atoms with E-state index in [1.807, 2.05) is 32.0 Å². The first-order valence-electron chi connectivity index (χ1n) is 9.91. The number of ether oxygens (including phenoxy) is 1. The minimum Gasteiger partial charge on any atom is -0.492 e. The number of hydrogen-bond acceptors (Lipinski definition) is 4. The number of benzene rings is 3. The highest BCUT2D eigenvalue weighted by Gasteiger charge is 2.22. The highest BCUT2D eigenvalue weighted by atomic mass is 19.1. The molecule has 4 aromatic rings. The third-order valence-electron chi connectivity index (χ3n) is 4.90. The maximum absolute atomic E-state index is 13.1. The predicted octanol–water partition coefficient (Wildman–Crippen LogP) is 5.70. The molecule has 0 saturated carbocycles. The molecule has 2 N–H and O–H groups in total. The minimum atomic E-state index is -0.537. The van der Waals surface area contributed by atoms with Crippen LogP contribution in [0.4, 0.5) is 15.8 Å². The number of halogens is 1. The van der Waals surface area contributed by atoms with E-state index in [2.05, 4.69) is 10.6 Å². The average molecular weight is 432 g/mol. The number of nitrogens with one attached hydrogen (secondary N) is 2. The van der Waals surface area contributed by atoms with Crippen LogP contribution in [-0.4, -0.2) is 18.9 Å². The monoisotopic (exact) mass is 432 g/mol. The summed E-state index contributed by atoms with van der Waals surface area (Å²) in [4.78, 5) is 25.4. The Morgan fingerprint density at radius 1 is 0.844 bits per heavy atom. The number of fused-ring (bicyclic) bond motifs is 1. The lowest BCUT2D eigenvalue weighted by molar-refractivity contribution is 0.0992. The third kappa shape index (κ3) is 4.32. The van der Waals surface area contributed by atoms with Crippen LogP contribution < -0.4 is 15.4 Å². The van der Waals surface area contributed by atoms with Gasteiger partial charge in [-0.25, -0.2) is 4.39 Å². The molecule has 0 aliphatic rings. The molecule has 1 heterocycles. The van der Waals surface area contributed by atoms with Gasteiger partial charge in [0.05, 0.1) is 12.5 Å². The van der Waals surface area contributed by atoms with Crippen LogP contribution in [0.5, 0.6) is 5.75 Å². The molecule has 32 heavy (non-hydrogen) atoms. The van der Waals surface area contributed by atoms with Crippen molar-refractivity contribution >= 4 is 34.2 Å². The molecule has 0 fully saturated rings. The van der Waals surface area contributed by atoms with E-state index in [4.69, 9.17) is 9.15 Å². The number of aryl methyl sites for hydroxylation is 2. The van der Waals surface area contributed by atoms with Crippen molar-refractivity contribution in [1.82, 2.24) is 0 Å². The van der Waals surface area contributed by atoms with Crippen LogP contribution in [0.2, 0.25) is 0 Å². The van der Waals surface area contributed by atoms with E-state index in [9.17, 15) is 14.0 Å². The first kappa shape index (κ1) is 21.1. The topological polar surface area (TPSA) is 80.6 Å². The number of furan rings is 1. The number of rotatable bonds is 5.